The summed E-state index contributed by atoms with van der Waals surface area (Å²) in [6, 6.07) is 0. The molecule has 1 aliphatic rings. The first kappa shape index (κ1) is 16.3. The first-order chi connectivity index (χ1) is 7.82. The zero-order valence-electron chi connectivity index (χ0n) is 13.7. The van der Waals surface area contributed by atoms with Gasteiger partial charge in [-0.2, -0.15) is 0 Å². The highest BCUT2D eigenvalue weighted by Gasteiger charge is 2.43. The smallest absolute Gasteiger partial charge is 0.0419 e. The molecular weight excluding hydrogens is 240 g/mol. The molecule has 1 heteroatoms. The van der Waals surface area contributed by atoms with Gasteiger partial charge in [-0.05, 0) is 61.7 Å². The van der Waals surface area contributed by atoms with Crippen molar-refractivity contribution in [3.63, 3.8) is 0 Å². The van der Waals surface area contributed by atoms with Gasteiger partial charge in [0.15, 0.2) is 0 Å². The molecule has 2 unspecified atom stereocenters. The van der Waals surface area contributed by atoms with E-state index in [0.717, 1.165) is 11.8 Å². The Morgan fingerprint density at radius 1 is 0.611 bits per heavy atom. The molecule has 0 bridgehead atoms. The van der Waals surface area contributed by atoms with E-state index in [2.05, 4.69) is 55.4 Å². The van der Waals surface area contributed by atoms with Crippen LogP contribution in [0.3, 0.4) is 0 Å². The van der Waals surface area contributed by atoms with Crippen LogP contribution in [0.4, 0.5) is 0 Å². The lowest BCUT2D eigenvalue weighted by Crippen LogP contribution is -2.41. The minimum atomic E-state index is -0.0621. The van der Waals surface area contributed by atoms with E-state index in [-0.39, 0.29) is 4.87 Å². The summed E-state index contributed by atoms with van der Waals surface area (Å²) in [5, 5.41) is 0. The molecule has 1 rings (SSSR count). The van der Waals surface area contributed by atoms with E-state index in [9.17, 15) is 0 Å². The second-order valence-electron chi connectivity index (χ2n) is 9.09. The summed E-state index contributed by atoms with van der Waals surface area (Å²) in [6.45, 7) is 18.7. The van der Waals surface area contributed by atoms with Crippen molar-refractivity contribution in [2.75, 3.05) is 0 Å². The largest absolute Gasteiger partial charge is 0.120 e. The molecular formula is C17H33Cl. The van der Waals surface area contributed by atoms with Crippen LogP contribution in [0.25, 0.3) is 0 Å². The molecule has 108 valence electrons. The first-order valence-corrected chi connectivity index (χ1v) is 7.88. The average molecular weight is 273 g/mol. The molecule has 1 saturated carbocycles. The summed E-state index contributed by atoms with van der Waals surface area (Å²) in [5.41, 5.74) is 0.814. The predicted molar refractivity (Wildman–Crippen MR) is 83.2 cm³/mol. The maximum Gasteiger partial charge on any atom is 0.0419 e. The molecule has 0 amide bonds. The molecule has 0 radical (unpaired) electrons. The Labute approximate surface area is 120 Å². The third-order valence-electron chi connectivity index (χ3n) is 5.13. The number of alkyl halides is 1. The maximum absolute atomic E-state index is 6.64. The molecule has 0 nitrogen and oxygen atoms in total. The number of rotatable bonds is 1. The summed E-state index contributed by atoms with van der Waals surface area (Å²) in [5.74, 6) is 2.26. The van der Waals surface area contributed by atoms with Crippen molar-refractivity contribution in [2.24, 2.45) is 28.6 Å². The fourth-order valence-electron chi connectivity index (χ4n) is 3.29. The van der Waals surface area contributed by atoms with E-state index >= 15 is 0 Å². The average Bonchev–Trinajstić information content (AvgIpc) is 2.13. The lowest BCUT2D eigenvalue weighted by atomic mass is 9.59. The van der Waals surface area contributed by atoms with Crippen LogP contribution in [0.2, 0.25) is 0 Å². The summed E-state index contributed by atoms with van der Waals surface area (Å²) in [4.78, 5) is -0.0621. The first-order valence-electron chi connectivity index (χ1n) is 7.50. The lowest BCUT2D eigenvalue weighted by Gasteiger charge is -2.48. The zero-order chi connectivity index (χ0) is 14.4. The van der Waals surface area contributed by atoms with Crippen molar-refractivity contribution < 1.29 is 0 Å². The van der Waals surface area contributed by atoms with Crippen LogP contribution >= 0.6 is 11.6 Å². The minimum Gasteiger partial charge on any atom is -0.120 e. The molecule has 0 aromatic heterocycles. The van der Waals surface area contributed by atoms with Gasteiger partial charge in [0.05, 0.1) is 0 Å². The van der Waals surface area contributed by atoms with Crippen molar-refractivity contribution in [1.29, 1.82) is 0 Å². The van der Waals surface area contributed by atoms with Crippen molar-refractivity contribution in [2.45, 2.75) is 79.5 Å². The fraction of sp³-hybridized carbons (Fsp3) is 1.00. The van der Waals surface area contributed by atoms with Crippen LogP contribution in [-0.2, 0) is 0 Å². The highest BCUT2D eigenvalue weighted by atomic mass is 35.5. The Balaban J connectivity index is 2.93. The summed E-state index contributed by atoms with van der Waals surface area (Å²) >= 11 is 6.64. The molecule has 0 spiro atoms. The highest BCUT2D eigenvalue weighted by Crippen LogP contribution is 2.51. The third kappa shape index (κ3) is 4.15. The van der Waals surface area contributed by atoms with Gasteiger partial charge < -0.3 is 0 Å². The van der Waals surface area contributed by atoms with Crippen molar-refractivity contribution >= 4 is 11.6 Å². The predicted octanol–water partition coefficient (Wildman–Crippen LogP) is 6.13. The SMILES string of the molecule is CC(C)(C)C1CC(C(C)(C)C)CC(C(C)(C)Cl)C1. The van der Waals surface area contributed by atoms with Gasteiger partial charge in [-0.3, -0.25) is 0 Å². The molecule has 1 aliphatic carbocycles. The van der Waals surface area contributed by atoms with E-state index in [0.29, 0.717) is 16.7 Å². The van der Waals surface area contributed by atoms with Gasteiger partial charge in [0, 0.05) is 4.87 Å². The molecule has 2 atom stereocenters. The Hall–Kier alpha value is 0.290. The van der Waals surface area contributed by atoms with Crippen LogP contribution in [0.1, 0.15) is 74.7 Å². The van der Waals surface area contributed by atoms with Gasteiger partial charge >= 0.3 is 0 Å². The van der Waals surface area contributed by atoms with Crippen molar-refractivity contribution in [3.05, 3.63) is 0 Å². The molecule has 0 N–H and O–H groups in total. The molecule has 18 heavy (non-hydrogen) atoms. The lowest BCUT2D eigenvalue weighted by molar-refractivity contribution is 0.0394. The molecule has 0 aromatic carbocycles. The van der Waals surface area contributed by atoms with Crippen LogP contribution in [0.15, 0.2) is 0 Å². The third-order valence-corrected chi connectivity index (χ3v) is 5.44. The van der Waals surface area contributed by atoms with Gasteiger partial charge in [-0.25, -0.2) is 0 Å². The van der Waals surface area contributed by atoms with Gasteiger partial charge in [0.1, 0.15) is 0 Å². The maximum atomic E-state index is 6.64. The molecule has 0 aromatic rings. The Morgan fingerprint density at radius 3 is 1.11 bits per heavy atom. The van der Waals surface area contributed by atoms with Crippen LogP contribution in [0, 0.1) is 28.6 Å². The van der Waals surface area contributed by atoms with Crippen LogP contribution in [0.5, 0.6) is 0 Å². The van der Waals surface area contributed by atoms with Gasteiger partial charge in [-0.15, -0.1) is 11.6 Å². The molecule has 1 fully saturated rings. The van der Waals surface area contributed by atoms with Crippen LogP contribution in [-0.4, -0.2) is 4.87 Å². The Kier molecular flexibility index (Phi) is 4.54. The molecule has 0 aliphatic heterocycles. The second kappa shape index (κ2) is 5.00. The van der Waals surface area contributed by atoms with Crippen LogP contribution < -0.4 is 0 Å². The summed E-state index contributed by atoms with van der Waals surface area (Å²) in [7, 11) is 0. The Morgan fingerprint density at radius 2 is 0.889 bits per heavy atom. The molecule has 0 heterocycles. The number of halogens is 1. The Bertz CT molecular complexity index is 218. The van der Waals surface area contributed by atoms with E-state index < -0.39 is 0 Å². The number of hydrogen-bond acceptors (Lipinski definition) is 0. The highest BCUT2D eigenvalue weighted by molar-refractivity contribution is 6.23. The van der Waals surface area contributed by atoms with Crippen molar-refractivity contribution in [1.82, 2.24) is 0 Å². The van der Waals surface area contributed by atoms with Gasteiger partial charge in [0.25, 0.3) is 0 Å². The zero-order valence-corrected chi connectivity index (χ0v) is 14.5. The van der Waals surface area contributed by atoms with Gasteiger partial charge in [-0.1, -0.05) is 41.5 Å². The van der Waals surface area contributed by atoms with E-state index in [1.165, 1.54) is 19.3 Å². The van der Waals surface area contributed by atoms with Crippen molar-refractivity contribution in [3.8, 4) is 0 Å². The normalized spacial score (nSPS) is 31.5. The standard InChI is InChI=1S/C17H33Cl/c1-15(2,3)12-9-13(16(4,5)6)11-14(10-12)17(7,8)18/h12-14H,9-11H2,1-8H3. The second-order valence-corrected chi connectivity index (χ2v) is 10.1. The monoisotopic (exact) mass is 272 g/mol. The van der Waals surface area contributed by atoms with E-state index in [1.54, 1.807) is 0 Å². The molecule has 0 saturated heterocycles. The topological polar surface area (TPSA) is 0 Å². The van der Waals surface area contributed by atoms with E-state index in [4.69, 9.17) is 11.6 Å². The van der Waals surface area contributed by atoms with E-state index in [1.807, 2.05) is 0 Å². The number of hydrogen-bond donors (Lipinski definition) is 0. The summed E-state index contributed by atoms with van der Waals surface area (Å²) < 4.78 is 0. The fourth-order valence-corrected chi connectivity index (χ4v) is 3.47. The minimum absolute atomic E-state index is 0.0621. The van der Waals surface area contributed by atoms with Gasteiger partial charge in [0.2, 0.25) is 0 Å². The summed E-state index contributed by atoms with van der Waals surface area (Å²) in [6.07, 6.45) is 3.97. The quantitative estimate of drug-likeness (QED) is 0.504.